The van der Waals surface area contributed by atoms with E-state index in [1.165, 1.54) is 11.0 Å². The van der Waals surface area contributed by atoms with Crippen molar-refractivity contribution in [3.63, 3.8) is 0 Å². The van der Waals surface area contributed by atoms with Gasteiger partial charge in [0.15, 0.2) is 0 Å². The van der Waals surface area contributed by atoms with Gasteiger partial charge in [0.1, 0.15) is 12.2 Å². The highest BCUT2D eigenvalue weighted by molar-refractivity contribution is 6.10. The second-order valence-electron chi connectivity index (χ2n) is 11.0. The summed E-state index contributed by atoms with van der Waals surface area (Å²) in [7, 11) is 1.92. The SMILES string of the molecule is C[C@@H]1CN(Cc2cc3c(c(C(F)(F)F)c2)CN(c2cccc([C@@H](c4nncn4C)C4CCC4)c2)C3=O)CCO1. The lowest BCUT2D eigenvalue weighted by molar-refractivity contribution is -0.138. The number of benzene rings is 2. The number of morpholine rings is 1. The van der Waals surface area contributed by atoms with Crippen LogP contribution in [-0.2, 0) is 31.1 Å². The van der Waals surface area contributed by atoms with Crippen LogP contribution < -0.4 is 4.90 Å². The van der Waals surface area contributed by atoms with E-state index >= 15 is 0 Å². The number of halogens is 3. The van der Waals surface area contributed by atoms with Crippen molar-refractivity contribution in [3.05, 3.63) is 76.4 Å². The Bertz CT molecular complexity index is 1380. The number of amides is 1. The normalized spacial score (nSPS) is 21.2. The topological polar surface area (TPSA) is 63.5 Å². The molecule has 0 unspecified atom stereocenters. The van der Waals surface area contributed by atoms with E-state index in [4.69, 9.17) is 4.74 Å². The van der Waals surface area contributed by atoms with E-state index in [-0.39, 0.29) is 29.7 Å². The molecule has 0 spiro atoms. The lowest BCUT2D eigenvalue weighted by atomic mass is 9.72. The monoisotopic (exact) mass is 539 g/mol. The van der Waals surface area contributed by atoms with Gasteiger partial charge in [-0.2, -0.15) is 13.2 Å². The van der Waals surface area contributed by atoms with E-state index in [9.17, 15) is 18.0 Å². The van der Waals surface area contributed by atoms with Crippen LogP contribution in [0.2, 0.25) is 0 Å². The standard InChI is InChI=1S/C29H32F3N5O2/c1-18-14-36(9-10-39-18)15-19-11-23-24(25(12-19)29(30,31)32)16-37(28(23)38)22-8-4-7-21(13-22)26(20-5-3-6-20)27-34-33-17-35(27)2/h4,7-8,11-13,17-18,20,26H,3,5-6,9-10,14-16H2,1-2H3/t18-,26+/m1/s1. The zero-order chi connectivity index (χ0) is 27.3. The third-order valence-electron chi connectivity index (χ3n) is 8.33. The zero-order valence-electron chi connectivity index (χ0n) is 22.1. The average Bonchev–Trinajstić information content (AvgIpc) is 3.43. The molecule has 3 aromatic rings. The number of rotatable bonds is 6. The molecule has 0 radical (unpaired) electrons. The van der Waals surface area contributed by atoms with E-state index in [1.54, 1.807) is 18.5 Å². The Morgan fingerprint density at radius 1 is 1.18 bits per heavy atom. The number of anilines is 1. The molecule has 2 aliphatic heterocycles. The lowest BCUT2D eigenvalue weighted by Crippen LogP contribution is -2.40. The predicted octanol–water partition coefficient (Wildman–Crippen LogP) is 5.15. The Kier molecular flexibility index (Phi) is 6.71. The van der Waals surface area contributed by atoms with Crippen molar-refractivity contribution in [1.82, 2.24) is 19.7 Å². The highest BCUT2D eigenvalue weighted by atomic mass is 19.4. The molecule has 1 saturated heterocycles. The highest BCUT2D eigenvalue weighted by Crippen LogP contribution is 2.44. The number of carbonyl (C=O) groups excluding carboxylic acids is 1. The summed E-state index contributed by atoms with van der Waals surface area (Å²) in [5.74, 6) is 0.884. The molecule has 2 atom stereocenters. The van der Waals surface area contributed by atoms with Crippen LogP contribution in [0.15, 0.2) is 42.7 Å². The molecule has 3 aliphatic rings. The summed E-state index contributed by atoms with van der Waals surface area (Å²) in [6, 6.07) is 10.5. The molecule has 0 bridgehead atoms. The van der Waals surface area contributed by atoms with Crippen molar-refractivity contribution in [2.75, 3.05) is 24.6 Å². The summed E-state index contributed by atoms with van der Waals surface area (Å²) in [4.78, 5) is 17.2. The van der Waals surface area contributed by atoms with Crippen LogP contribution in [0.5, 0.6) is 0 Å². The molecular formula is C29H32F3N5O2. The van der Waals surface area contributed by atoms with Gasteiger partial charge in [-0.15, -0.1) is 10.2 Å². The molecule has 2 fully saturated rings. The van der Waals surface area contributed by atoms with Crippen molar-refractivity contribution in [2.24, 2.45) is 13.0 Å². The minimum absolute atomic E-state index is 0.0135. The number of hydrogen-bond donors (Lipinski definition) is 0. The Balaban J connectivity index is 1.33. The molecule has 206 valence electrons. The molecule has 7 nitrogen and oxygen atoms in total. The van der Waals surface area contributed by atoms with Crippen LogP contribution in [-0.4, -0.2) is 51.4 Å². The molecule has 1 aliphatic carbocycles. The van der Waals surface area contributed by atoms with Gasteiger partial charge in [0.2, 0.25) is 0 Å². The quantitative estimate of drug-likeness (QED) is 0.434. The second kappa shape index (κ2) is 10.1. The van der Waals surface area contributed by atoms with Crippen LogP contribution >= 0.6 is 0 Å². The minimum Gasteiger partial charge on any atom is -0.376 e. The molecule has 1 amide bonds. The minimum atomic E-state index is -4.56. The average molecular weight is 540 g/mol. The third-order valence-corrected chi connectivity index (χ3v) is 8.33. The molecule has 0 N–H and O–H groups in total. The number of carbonyl (C=O) groups is 1. The first-order chi connectivity index (χ1) is 18.7. The largest absolute Gasteiger partial charge is 0.416 e. The molecule has 39 heavy (non-hydrogen) atoms. The first kappa shape index (κ1) is 26.0. The highest BCUT2D eigenvalue weighted by Gasteiger charge is 2.41. The fourth-order valence-corrected chi connectivity index (χ4v) is 6.18. The zero-order valence-corrected chi connectivity index (χ0v) is 22.1. The van der Waals surface area contributed by atoms with Crippen molar-refractivity contribution in [1.29, 1.82) is 0 Å². The maximum atomic E-state index is 14.2. The summed E-state index contributed by atoms with van der Waals surface area (Å²) in [5, 5.41) is 8.43. The van der Waals surface area contributed by atoms with Crippen molar-refractivity contribution >= 4 is 11.6 Å². The Labute approximate surface area is 225 Å². The number of aryl methyl sites for hydroxylation is 1. The summed E-state index contributed by atoms with van der Waals surface area (Å²) >= 11 is 0. The smallest absolute Gasteiger partial charge is 0.376 e. The number of hydrogen-bond acceptors (Lipinski definition) is 5. The third kappa shape index (κ3) is 4.96. The number of fused-ring (bicyclic) bond motifs is 1. The number of nitrogens with zero attached hydrogens (tertiary/aromatic N) is 5. The van der Waals surface area contributed by atoms with E-state index in [0.717, 1.165) is 30.7 Å². The maximum Gasteiger partial charge on any atom is 0.416 e. The van der Waals surface area contributed by atoms with Gasteiger partial charge in [0.25, 0.3) is 5.91 Å². The molecule has 2 aromatic carbocycles. The fourth-order valence-electron chi connectivity index (χ4n) is 6.18. The fraction of sp³-hybridized carbons (Fsp3) is 0.483. The van der Waals surface area contributed by atoms with Crippen molar-refractivity contribution < 1.29 is 22.7 Å². The first-order valence-electron chi connectivity index (χ1n) is 13.5. The van der Waals surface area contributed by atoms with E-state index in [1.807, 2.05) is 36.7 Å². The van der Waals surface area contributed by atoms with Crippen LogP contribution in [0.25, 0.3) is 0 Å². The van der Waals surface area contributed by atoms with Gasteiger partial charge in [-0.05, 0) is 66.6 Å². The molecule has 1 aromatic heterocycles. The Hall–Kier alpha value is -3.24. The van der Waals surface area contributed by atoms with Gasteiger partial charge in [0.05, 0.1) is 24.8 Å². The number of ether oxygens (including phenoxy) is 1. The Morgan fingerprint density at radius 2 is 2.00 bits per heavy atom. The molecule has 3 heterocycles. The van der Waals surface area contributed by atoms with Gasteiger partial charge in [-0.3, -0.25) is 9.69 Å². The molecule has 10 heteroatoms. The van der Waals surface area contributed by atoms with Gasteiger partial charge < -0.3 is 14.2 Å². The summed E-state index contributed by atoms with van der Waals surface area (Å²) in [5.41, 5.74) is 1.53. The number of aromatic nitrogens is 3. The molecule has 6 rings (SSSR count). The predicted molar refractivity (Wildman–Crippen MR) is 139 cm³/mol. The van der Waals surface area contributed by atoms with E-state index in [2.05, 4.69) is 15.1 Å². The lowest BCUT2D eigenvalue weighted by Gasteiger charge is -2.33. The van der Waals surface area contributed by atoms with Crippen LogP contribution in [0.1, 0.15) is 70.5 Å². The van der Waals surface area contributed by atoms with Crippen LogP contribution in [0.4, 0.5) is 18.9 Å². The Morgan fingerprint density at radius 3 is 2.67 bits per heavy atom. The molecule has 1 saturated carbocycles. The van der Waals surface area contributed by atoms with Gasteiger partial charge in [0, 0.05) is 43.9 Å². The van der Waals surface area contributed by atoms with Crippen LogP contribution in [0, 0.1) is 5.92 Å². The summed E-state index contributed by atoms with van der Waals surface area (Å²) < 4.78 is 50.2. The number of alkyl halides is 3. The first-order valence-corrected chi connectivity index (χ1v) is 13.5. The van der Waals surface area contributed by atoms with Gasteiger partial charge in [-0.25, -0.2) is 0 Å². The van der Waals surface area contributed by atoms with Crippen molar-refractivity contribution in [3.8, 4) is 0 Å². The second-order valence-corrected chi connectivity index (χ2v) is 11.0. The summed E-state index contributed by atoms with van der Waals surface area (Å²) in [6.07, 6.45) is 0.455. The van der Waals surface area contributed by atoms with Crippen molar-refractivity contribution in [2.45, 2.75) is 57.5 Å². The van der Waals surface area contributed by atoms with Gasteiger partial charge >= 0.3 is 6.18 Å². The van der Waals surface area contributed by atoms with E-state index < -0.39 is 17.6 Å². The molecular weight excluding hydrogens is 507 g/mol. The summed E-state index contributed by atoms with van der Waals surface area (Å²) in [6.45, 7) is 4.00. The van der Waals surface area contributed by atoms with E-state index in [0.29, 0.717) is 43.4 Å². The van der Waals surface area contributed by atoms with Gasteiger partial charge in [-0.1, -0.05) is 18.6 Å². The van der Waals surface area contributed by atoms with Crippen LogP contribution in [0.3, 0.4) is 0 Å². The maximum absolute atomic E-state index is 14.2.